The smallest absolute Gasteiger partial charge is 0.240 e. The fourth-order valence-corrected chi connectivity index (χ4v) is 2.34. The van der Waals surface area contributed by atoms with Crippen LogP contribution in [0.25, 0.3) is 0 Å². The van der Waals surface area contributed by atoms with Gasteiger partial charge in [-0.15, -0.1) is 11.3 Å². The van der Waals surface area contributed by atoms with Crippen molar-refractivity contribution in [3.63, 3.8) is 0 Å². The van der Waals surface area contributed by atoms with E-state index in [0.717, 1.165) is 11.3 Å². The minimum atomic E-state index is -0.764. The Morgan fingerprint density at radius 1 is 1.69 bits per heavy atom. The fraction of sp³-hybridized carbons (Fsp3) is 0.583. The number of nitrogens with two attached hydrogens (primary N) is 1. The lowest BCUT2D eigenvalue weighted by Crippen LogP contribution is -2.51. The maximum absolute atomic E-state index is 11.9. The third kappa shape index (κ3) is 3.32. The third-order valence-corrected chi connectivity index (χ3v) is 3.66. The van der Waals surface area contributed by atoms with E-state index in [-0.39, 0.29) is 11.9 Å². The molecule has 0 fully saturated rings. The second kappa shape index (κ2) is 5.46. The van der Waals surface area contributed by atoms with Crippen molar-refractivity contribution in [1.82, 2.24) is 5.32 Å². The van der Waals surface area contributed by atoms with Gasteiger partial charge in [0, 0.05) is 4.88 Å². The summed E-state index contributed by atoms with van der Waals surface area (Å²) in [6, 6.07) is 4.03. The number of carbonyl (C=O) groups is 1. The summed E-state index contributed by atoms with van der Waals surface area (Å²) >= 11 is 1.64. The van der Waals surface area contributed by atoms with Gasteiger partial charge >= 0.3 is 0 Å². The Balaban J connectivity index is 2.57. The highest BCUT2D eigenvalue weighted by Gasteiger charge is 2.28. The molecule has 16 heavy (non-hydrogen) atoms. The van der Waals surface area contributed by atoms with Crippen LogP contribution in [0.1, 0.15) is 44.5 Å². The first-order chi connectivity index (χ1) is 7.47. The Morgan fingerprint density at radius 2 is 2.38 bits per heavy atom. The minimum Gasteiger partial charge on any atom is -0.347 e. The molecule has 1 unspecified atom stereocenters. The summed E-state index contributed by atoms with van der Waals surface area (Å²) in [7, 11) is 0. The molecule has 1 aromatic heterocycles. The number of rotatable bonds is 5. The van der Waals surface area contributed by atoms with Crippen LogP contribution >= 0.6 is 11.3 Å². The van der Waals surface area contributed by atoms with Gasteiger partial charge in [-0.3, -0.25) is 4.79 Å². The first kappa shape index (κ1) is 13.2. The predicted octanol–water partition coefficient (Wildman–Crippen LogP) is 2.44. The molecule has 3 N–H and O–H groups in total. The Morgan fingerprint density at radius 3 is 2.88 bits per heavy atom. The quantitative estimate of drug-likeness (QED) is 0.830. The number of carbonyl (C=O) groups excluding carboxylic acids is 1. The van der Waals surface area contributed by atoms with Crippen LogP contribution in [0.2, 0.25) is 0 Å². The van der Waals surface area contributed by atoms with E-state index in [1.54, 1.807) is 18.3 Å². The second-order valence-corrected chi connectivity index (χ2v) is 5.36. The van der Waals surface area contributed by atoms with Crippen molar-refractivity contribution in [2.75, 3.05) is 0 Å². The Bertz CT molecular complexity index is 333. The topological polar surface area (TPSA) is 55.1 Å². The highest BCUT2D eigenvalue weighted by Crippen LogP contribution is 2.19. The lowest BCUT2D eigenvalue weighted by molar-refractivity contribution is -0.126. The van der Waals surface area contributed by atoms with Crippen molar-refractivity contribution in [3.8, 4) is 0 Å². The van der Waals surface area contributed by atoms with Gasteiger partial charge in [0.25, 0.3) is 0 Å². The van der Waals surface area contributed by atoms with Gasteiger partial charge in [0.1, 0.15) is 0 Å². The molecule has 90 valence electrons. The molecule has 4 heteroatoms. The Labute approximate surface area is 101 Å². The maximum Gasteiger partial charge on any atom is 0.240 e. The average molecular weight is 240 g/mol. The Hall–Kier alpha value is -0.870. The molecule has 1 heterocycles. The molecular weight excluding hydrogens is 220 g/mol. The number of hydrogen-bond acceptors (Lipinski definition) is 3. The number of thiophene rings is 1. The number of hydrogen-bond donors (Lipinski definition) is 2. The van der Waals surface area contributed by atoms with E-state index < -0.39 is 5.54 Å². The van der Waals surface area contributed by atoms with Crippen LogP contribution in [0.4, 0.5) is 0 Å². The van der Waals surface area contributed by atoms with E-state index in [4.69, 9.17) is 5.73 Å². The molecule has 0 saturated carbocycles. The van der Waals surface area contributed by atoms with Crippen LogP contribution in [-0.4, -0.2) is 11.4 Å². The molecule has 0 aliphatic rings. The summed E-state index contributed by atoms with van der Waals surface area (Å²) in [6.45, 7) is 5.79. The van der Waals surface area contributed by atoms with Crippen LogP contribution in [0.15, 0.2) is 17.5 Å². The summed E-state index contributed by atoms with van der Waals surface area (Å²) in [5.41, 5.74) is 5.20. The average Bonchev–Trinajstić information content (AvgIpc) is 2.70. The van der Waals surface area contributed by atoms with Gasteiger partial charge in [-0.05, 0) is 31.7 Å². The van der Waals surface area contributed by atoms with Crippen molar-refractivity contribution >= 4 is 17.2 Å². The molecule has 1 aromatic rings. The molecule has 1 rings (SSSR count). The lowest BCUT2D eigenvalue weighted by Gasteiger charge is -2.25. The predicted molar refractivity (Wildman–Crippen MR) is 68.4 cm³/mol. The molecule has 2 atom stereocenters. The zero-order valence-electron chi connectivity index (χ0n) is 10.1. The number of nitrogens with one attached hydrogen (secondary N) is 1. The van der Waals surface area contributed by atoms with E-state index in [2.05, 4.69) is 5.32 Å². The van der Waals surface area contributed by atoms with Gasteiger partial charge in [0.2, 0.25) is 5.91 Å². The molecule has 3 nitrogen and oxygen atoms in total. The van der Waals surface area contributed by atoms with E-state index in [1.165, 1.54) is 0 Å². The first-order valence-corrected chi connectivity index (χ1v) is 6.48. The van der Waals surface area contributed by atoms with Crippen LogP contribution in [-0.2, 0) is 4.79 Å². The molecule has 0 spiro atoms. The molecule has 1 amide bonds. The first-order valence-electron chi connectivity index (χ1n) is 5.60. The van der Waals surface area contributed by atoms with E-state index in [0.29, 0.717) is 6.42 Å². The largest absolute Gasteiger partial charge is 0.347 e. The third-order valence-electron chi connectivity index (χ3n) is 2.61. The van der Waals surface area contributed by atoms with Crippen molar-refractivity contribution in [3.05, 3.63) is 22.4 Å². The molecule has 0 aromatic carbocycles. The zero-order chi connectivity index (χ0) is 12.2. The highest BCUT2D eigenvalue weighted by molar-refractivity contribution is 7.10. The van der Waals surface area contributed by atoms with E-state index in [9.17, 15) is 4.79 Å². The van der Waals surface area contributed by atoms with Crippen molar-refractivity contribution in [2.45, 2.75) is 45.2 Å². The summed E-state index contributed by atoms with van der Waals surface area (Å²) in [5, 5.41) is 4.96. The van der Waals surface area contributed by atoms with Gasteiger partial charge < -0.3 is 11.1 Å². The summed E-state index contributed by atoms with van der Waals surface area (Å²) in [6.07, 6.45) is 1.61. The van der Waals surface area contributed by atoms with Crippen LogP contribution in [0, 0.1) is 0 Å². The van der Waals surface area contributed by atoms with Crippen LogP contribution in [0.3, 0.4) is 0 Å². The molecule has 0 bridgehead atoms. The van der Waals surface area contributed by atoms with E-state index in [1.807, 2.05) is 31.4 Å². The maximum atomic E-state index is 11.9. The fourth-order valence-electron chi connectivity index (χ4n) is 1.60. The summed E-state index contributed by atoms with van der Waals surface area (Å²) in [4.78, 5) is 13.1. The van der Waals surface area contributed by atoms with Crippen LogP contribution in [0.5, 0.6) is 0 Å². The van der Waals surface area contributed by atoms with Gasteiger partial charge in [0.15, 0.2) is 0 Å². The van der Waals surface area contributed by atoms with Gasteiger partial charge in [-0.2, -0.15) is 0 Å². The molecule has 0 saturated heterocycles. The SMILES string of the molecule is CCCC(C)(N)C(=O)N[C@@H](C)c1cccs1. The molecular formula is C12H20N2OS. The van der Waals surface area contributed by atoms with Crippen LogP contribution < -0.4 is 11.1 Å². The lowest BCUT2D eigenvalue weighted by atomic mass is 9.96. The minimum absolute atomic E-state index is 0.0345. The summed E-state index contributed by atoms with van der Waals surface area (Å²) < 4.78 is 0. The van der Waals surface area contributed by atoms with Gasteiger partial charge in [-0.1, -0.05) is 19.4 Å². The molecule has 0 radical (unpaired) electrons. The molecule has 0 aliphatic heterocycles. The van der Waals surface area contributed by atoms with Gasteiger partial charge in [0.05, 0.1) is 11.6 Å². The van der Waals surface area contributed by atoms with Gasteiger partial charge in [-0.25, -0.2) is 0 Å². The normalized spacial score (nSPS) is 16.5. The standard InChI is InChI=1S/C12H20N2OS/c1-4-7-12(3,13)11(15)14-9(2)10-6-5-8-16-10/h5-6,8-9H,4,7,13H2,1-3H3,(H,14,15)/t9-,12?/m0/s1. The van der Waals surface area contributed by atoms with E-state index >= 15 is 0 Å². The van der Waals surface area contributed by atoms with Crippen molar-refractivity contribution in [1.29, 1.82) is 0 Å². The monoisotopic (exact) mass is 240 g/mol. The summed E-state index contributed by atoms with van der Waals surface area (Å²) in [5.74, 6) is -0.0738. The second-order valence-electron chi connectivity index (χ2n) is 4.38. The van der Waals surface area contributed by atoms with Crippen molar-refractivity contribution in [2.24, 2.45) is 5.73 Å². The zero-order valence-corrected chi connectivity index (χ0v) is 10.9. The molecule has 0 aliphatic carbocycles. The van der Waals surface area contributed by atoms with Crippen molar-refractivity contribution < 1.29 is 4.79 Å². The highest BCUT2D eigenvalue weighted by atomic mass is 32.1. The number of amides is 1. The Kier molecular flexibility index (Phi) is 4.50.